The highest BCUT2D eigenvalue weighted by molar-refractivity contribution is 6.33. The summed E-state index contributed by atoms with van der Waals surface area (Å²) in [6.45, 7) is 4.02. The first-order valence-electron chi connectivity index (χ1n) is 6.20. The highest BCUT2D eigenvalue weighted by Crippen LogP contribution is 2.21. The van der Waals surface area contributed by atoms with Crippen molar-refractivity contribution in [3.63, 3.8) is 0 Å². The molecule has 2 aromatic rings. The smallest absolute Gasteiger partial charge is 0.356 e. The zero-order valence-electron chi connectivity index (χ0n) is 11.2. The van der Waals surface area contributed by atoms with Crippen LogP contribution in [0.25, 0.3) is 0 Å². The van der Waals surface area contributed by atoms with Crippen LogP contribution in [-0.4, -0.2) is 16.1 Å². The Hall–Kier alpha value is -2.07. The maximum Gasteiger partial charge on any atom is 0.356 e. The summed E-state index contributed by atoms with van der Waals surface area (Å²) in [7, 11) is 0. The molecule has 0 radical (unpaired) electrons. The molecule has 0 aliphatic carbocycles. The molecule has 1 aromatic carbocycles. The number of carbonyl (C=O) groups is 1. The van der Waals surface area contributed by atoms with Gasteiger partial charge in [0.2, 0.25) is 0 Å². The third-order valence-corrected chi connectivity index (χ3v) is 3.30. The second-order valence-electron chi connectivity index (χ2n) is 4.61. The number of hydrogen-bond donors (Lipinski definition) is 2. The van der Waals surface area contributed by atoms with E-state index in [-0.39, 0.29) is 16.8 Å². The van der Waals surface area contributed by atoms with Gasteiger partial charge in [-0.2, -0.15) is 0 Å². The number of pyridine rings is 1. The maximum absolute atomic E-state index is 11.0. The number of halogens is 1. The van der Waals surface area contributed by atoms with Gasteiger partial charge in [0.25, 0.3) is 0 Å². The molecule has 20 heavy (non-hydrogen) atoms. The van der Waals surface area contributed by atoms with Gasteiger partial charge in [-0.15, -0.1) is 0 Å². The number of carboxylic acid groups (broad SMARTS) is 1. The third-order valence-electron chi connectivity index (χ3n) is 2.99. The van der Waals surface area contributed by atoms with E-state index in [0.717, 1.165) is 5.56 Å². The Morgan fingerprint density at radius 2 is 1.90 bits per heavy atom. The van der Waals surface area contributed by atoms with Crippen molar-refractivity contribution in [2.75, 3.05) is 5.32 Å². The van der Waals surface area contributed by atoms with Crippen LogP contribution in [0.3, 0.4) is 0 Å². The zero-order chi connectivity index (χ0) is 14.7. The van der Waals surface area contributed by atoms with Crippen molar-refractivity contribution < 1.29 is 9.90 Å². The van der Waals surface area contributed by atoms with E-state index in [1.807, 2.05) is 38.1 Å². The second kappa shape index (κ2) is 5.92. The molecule has 0 amide bonds. The molecule has 1 unspecified atom stereocenters. The molecule has 0 saturated carbocycles. The van der Waals surface area contributed by atoms with Crippen molar-refractivity contribution >= 4 is 23.4 Å². The van der Waals surface area contributed by atoms with Crippen molar-refractivity contribution in [3.05, 3.63) is 58.2 Å². The maximum atomic E-state index is 11.0. The van der Waals surface area contributed by atoms with Gasteiger partial charge in [-0.1, -0.05) is 41.4 Å². The summed E-state index contributed by atoms with van der Waals surface area (Å²) in [6, 6.07) is 11.3. The molecule has 0 fully saturated rings. The Balaban J connectivity index is 2.19. The van der Waals surface area contributed by atoms with Gasteiger partial charge >= 0.3 is 5.97 Å². The number of aryl methyl sites for hydroxylation is 1. The van der Waals surface area contributed by atoms with Crippen LogP contribution in [0.4, 0.5) is 5.82 Å². The van der Waals surface area contributed by atoms with Gasteiger partial charge < -0.3 is 10.4 Å². The van der Waals surface area contributed by atoms with E-state index < -0.39 is 5.97 Å². The predicted molar refractivity (Wildman–Crippen MR) is 79.4 cm³/mol. The van der Waals surface area contributed by atoms with Crippen molar-refractivity contribution in [1.29, 1.82) is 0 Å². The first-order valence-corrected chi connectivity index (χ1v) is 6.58. The first kappa shape index (κ1) is 14.3. The highest BCUT2D eigenvalue weighted by atomic mass is 35.5. The molecule has 104 valence electrons. The molecular weight excluding hydrogens is 276 g/mol. The van der Waals surface area contributed by atoms with Crippen molar-refractivity contribution in [2.24, 2.45) is 0 Å². The first-order chi connectivity index (χ1) is 9.47. The zero-order valence-corrected chi connectivity index (χ0v) is 12.0. The van der Waals surface area contributed by atoms with Crippen LogP contribution < -0.4 is 5.32 Å². The molecule has 0 saturated heterocycles. The van der Waals surface area contributed by atoms with E-state index in [2.05, 4.69) is 10.3 Å². The van der Waals surface area contributed by atoms with Gasteiger partial charge in [-0.25, -0.2) is 9.78 Å². The Bertz CT molecular complexity index is 626. The molecule has 0 bridgehead atoms. The summed E-state index contributed by atoms with van der Waals surface area (Å²) in [5, 5.41) is 12.3. The summed E-state index contributed by atoms with van der Waals surface area (Å²) < 4.78 is 0. The number of aromatic carboxylic acids is 1. The number of aromatic nitrogens is 1. The van der Waals surface area contributed by atoms with Gasteiger partial charge in [0, 0.05) is 6.04 Å². The van der Waals surface area contributed by atoms with Crippen LogP contribution >= 0.6 is 11.6 Å². The van der Waals surface area contributed by atoms with Crippen molar-refractivity contribution in [3.8, 4) is 0 Å². The van der Waals surface area contributed by atoms with E-state index in [1.165, 1.54) is 11.6 Å². The standard InChI is InChI=1S/C15H15ClN2O2/c1-9-3-5-11(6-4-9)10(2)17-13-8-7-12(16)14(18-13)15(19)20/h3-8,10H,1-2H3,(H,17,18)(H,19,20). The van der Waals surface area contributed by atoms with Crippen LogP contribution in [0.2, 0.25) is 5.02 Å². The molecule has 2 N–H and O–H groups in total. The predicted octanol–water partition coefficient (Wildman–Crippen LogP) is 3.91. The molecular formula is C15H15ClN2O2. The van der Waals surface area contributed by atoms with Gasteiger partial charge in [-0.3, -0.25) is 0 Å². The molecule has 0 aliphatic heterocycles. The van der Waals surface area contributed by atoms with Gasteiger partial charge in [0.15, 0.2) is 5.69 Å². The molecule has 0 aliphatic rings. The third kappa shape index (κ3) is 3.27. The van der Waals surface area contributed by atoms with Gasteiger partial charge in [0.1, 0.15) is 5.82 Å². The molecule has 4 nitrogen and oxygen atoms in total. The number of anilines is 1. The highest BCUT2D eigenvalue weighted by Gasteiger charge is 2.13. The molecule has 1 aromatic heterocycles. The number of carboxylic acids is 1. The summed E-state index contributed by atoms with van der Waals surface area (Å²) in [4.78, 5) is 15.0. The minimum Gasteiger partial charge on any atom is -0.476 e. The normalized spacial score (nSPS) is 11.9. The molecule has 0 spiro atoms. The van der Waals surface area contributed by atoms with E-state index in [9.17, 15) is 4.79 Å². The Labute approximate surface area is 122 Å². The second-order valence-corrected chi connectivity index (χ2v) is 5.02. The quantitative estimate of drug-likeness (QED) is 0.896. The van der Waals surface area contributed by atoms with Crippen LogP contribution in [-0.2, 0) is 0 Å². The van der Waals surface area contributed by atoms with Crippen molar-refractivity contribution in [2.45, 2.75) is 19.9 Å². The average molecular weight is 291 g/mol. The summed E-state index contributed by atoms with van der Waals surface area (Å²) in [6.07, 6.45) is 0. The fraction of sp³-hybridized carbons (Fsp3) is 0.200. The number of nitrogens with one attached hydrogen (secondary N) is 1. The molecule has 1 atom stereocenters. The number of benzene rings is 1. The lowest BCUT2D eigenvalue weighted by atomic mass is 10.1. The van der Waals surface area contributed by atoms with Crippen LogP contribution in [0, 0.1) is 6.92 Å². The van der Waals surface area contributed by atoms with E-state index in [1.54, 1.807) is 6.07 Å². The lowest BCUT2D eigenvalue weighted by Gasteiger charge is -2.15. The Morgan fingerprint density at radius 1 is 1.25 bits per heavy atom. The molecule has 5 heteroatoms. The SMILES string of the molecule is Cc1ccc(C(C)Nc2ccc(Cl)c(C(=O)O)n2)cc1. The van der Waals surface area contributed by atoms with E-state index in [0.29, 0.717) is 5.82 Å². The lowest BCUT2D eigenvalue weighted by Crippen LogP contribution is -2.10. The molecule has 1 heterocycles. The fourth-order valence-electron chi connectivity index (χ4n) is 1.83. The summed E-state index contributed by atoms with van der Waals surface area (Å²) in [5.74, 6) is -0.651. The van der Waals surface area contributed by atoms with Crippen LogP contribution in [0.5, 0.6) is 0 Å². The van der Waals surface area contributed by atoms with E-state index >= 15 is 0 Å². The van der Waals surface area contributed by atoms with Crippen LogP contribution in [0.15, 0.2) is 36.4 Å². The lowest BCUT2D eigenvalue weighted by molar-refractivity contribution is 0.0691. The minimum atomic E-state index is -1.14. The Kier molecular flexibility index (Phi) is 4.25. The number of hydrogen-bond acceptors (Lipinski definition) is 3. The summed E-state index contributed by atoms with van der Waals surface area (Å²) in [5.41, 5.74) is 2.15. The number of rotatable bonds is 4. The van der Waals surface area contributed by atoms with Gasteiger partial charge in [0.05, 0.1) is 5.02 Å². The fourth-order valence-corrected chi connectivity index (χ4v) is 2.02. The van der Waals surface area contributed by atoms with E-state index in [4.69, 9.17) is 16.7 Å². The average Bonchev–Trinajstić information content (AvgIpc) is 2.41. The summed E-state index contributed by atoms with van der Waals surface area (Å²) >= 11 is 5.79. The molecule has 2 rings (SSSR count). The largest absolute Gasteiger partial charge is 0.476 e. The van der Waals surface area contributed by atoms with Gasteiger partial charge in [-0.05, 0) is 31.5 Å². The monoisotopic (exact) mass is 290 g/mol. The Morgan fingerprint density at radius 3 is 2.50 bits per heavy atom. The minimum absolute atomic E-state index is 0.0194. The topological polar surface area (TPSA) is 62.2 Å². The van der Waals surface area contributed by atoms with Crippen molar-refractivity contribution in [1.82, 2.24) is 4.98 Å². The number of nitrogens with zero attached hydrogens (tertiary/aromatic N) is 1. The van der Waals surface area contributed by atoms with Crippen LogP contribution in [0.1, 0.15) is 34.6 Å².